The number of hydrogen-bond donors (Lipinski definition) is 2. The van der Waals surface area contributed by atoms with Crippen molar-refractivity contribution in [1.82, 2.24) is 4.90 Å². The van der Waals surface area contributed by atoms with Crippen LogP contribution in [0.1, 0.15) is 24.2 Å². The van der Waals surface area contributed by atoms with E-state index in [2.05, 4.69) is 0 Å². The Kier molecular flexibility index (Phi) is 4.53. The molecule has 0 radical (unpaired) electrons. The predicted molar refractivity (Wildman–Crippen MR) is 90.3 cm³/mol. The van der Waals surface area contributed by atoms with Gasteiger partial charge in [-0.05, 0) is 48.7 Å². The molecule has 126 valence electrons. The maximum absolute atomic E-state index is 12.2. The number of phenols is 2. The minimum Gasteiger partial charge on any atom is -0.504 e. The number of phenolic OH excluding ortho intramolecular Hbond substituents is 2. The van der Waals surface area contributed by atoms with Gasteiger partial charge in [0, 0.05) is 11.1 Å². The van der Waals surface area contributed by atoms with Crippen LogP contribution < -0.4 is 0 Å². The van der Waals surface area contributed by atoms with Gasteiger partial charge in [0.2, 0.25) is 0 Å². The molecule has 3 rings (SSSR count). The topological polar surface area (TPSA) is 70.0 Å². The lowest BCUT2D eigenvalue weighted by molar-refractivity contribution is 0.129. The molecule has 6 heteroatoms. The Labute approximate surface area is 145 Å². The molecule has 1 aliphatic rings. The summed E-state index contributed by atoms with van der Waals surface area (Å²) < 4.78 is 5.46. The Morgan fingerprint density at radius 2 is 2.04 bits per heavy atom. The largest absolute Gasteiger partial charge is 0.504 e. The zero-order valence-corrected chi connectivity index (χ0v) is 13.9. The highest BCUT2D eigenvalue weighted by Gasteiger charge is 2.35. The summed E-state index contributed by atoms with van der Waals surface area (Å²) in [5.41, 5.74) is 1.70. The fraction of sp³-hybridized carbons (Fsp3) is 0.278. The lowest BCUT2D eigenvalue weighted by atomic mass is 10.0. The molecule has 0 aromatic heterocycles. The molecule has 0 spiro atoms. The first-order valence-corrected chi connectivity index (χ1v) is 8.05. The van der Waals surface area contributed by atoms with Gasteiger partial charge in [0.15, 0.2) is 11.5 Å². The molecule has 1 saturated heterocycles. The minimum atomic E-state index is -0.365. The second-order valence-electron chi connectivity index (χ2n) is 5.96. The molecule has 1 heterocycles. The van der Waals surface area contributed by atoms with Gasteiger partial charge in [-0.1, -0.05) is 29.8 Å². The molecule has 5 nitrogen and oxygen atoms in total. The lowest BCUT2D eigenvalue weighted by Gasteiger charge is -2.22. The number of cyclic esters (lactones) is 1. The Bertz CT molecular complexity index is 764. The van der Waals surface area contributed by atoms with E-state index in [1.165, 1.54) is 12.1 Å². The highest BCUT2D eigenvalue weighted by atomic mass is 35.5. The highest BCUT2D eigenvalue weighted by Crippen LogP contribution is 2.30. The molecule has 2 aromatic carbocycles. The first-order valence-electron chi connectivity index (χ1n) is 7.67. The molecule has 1 fully saturated rings. The summed E-state index contributed by atoms with van der Waals surface area (Å²) in [6, 6.07) is 11.8. The Balaban J connectivity index is 1.70. The van der Waals surface area contributed by atoms with Gasteiger partial charge in [-0.2, -0.15) is 0 Å². The molecule has 24 heavy (non-hydrogen) atoms. The molecule has 0 saturated carbocycles. The maximum Gasteiger partial charge on any atom is 0.410 e. The van der Waals surface area contributed by atoms with E-state index in [1.807, 2.05) is 19.1 Å². The van der Waals surface area contributed by atoms with E-state index in [0.29, 0.717) is 18.0 Å². The number of aromatic hydroxyl groups is 2. The van der Waals surface area contributed by atoms with Gasteiger partial charge >= 0.3 is 6.09 Å². The zero-order valence-electron chi connectivity index (χ0n) is 13.1. The van der Waals surface area contributed by atoms with E-state index in [9.17, 15) is 15.0 Å². The van der Waals surface area contributed by atoms with Gasteiger partial charge in [0.05, 0.1) is 6.54 Å². The first-order chi connectivity index (χ1) is 11.4. The van der Waals surface area contributed by atoms with E-state index in [-0.39, 0.29) is 29.7 Å². The Morgan fingerprint density at radius 1 is 1.25 bits per heavy atom. The van der Waals surface area contributed by atoms with Crippen molar-refractivity contribution in [3.05, 3.63) is 58.6 Å². The number of carbonyl (C=O) groups is 1. The first kappa shape index (κ1) is 16.5. The average Bonchev–Trinajstić information content (AvgIpc) is 2.93. The number of nitrogens with zero attached hydrogens (tertiary/aromatic N) is 1. The zero-order chi connectivity index (χ0) is 17.3. The van der Waals surface area contributed by atoms with Gasteiger partial charge in [-0.3, -0.25) is 0 Å². The molecule has 0 unspecified atom stereocenters. The average molecular weight is 348 g/mol. The smallest absolute Gasteiger partial charge is 0.410 e. The second-order valence-corrected chi connectivity index (χ2v) is 6.39. The number of halogens is 1. The van der Waals surface area contributed by atoms with Crippen LogP contribution in [0.25, 0.3) is 0 Å². The van der Waals surface area contributed by atoms with Crippen molar-refractivity contribution in [3.63, 3.8) is 0 Å². The van der Waals surface area contributed by atoms with Crippen LogP contribution in [-0.2, 0) is 11.2 Å². The van der Waals surface area contributed by atoms with Crippen LogP contribution in [0, 0.1) is 0 Å². The third-order valence-corrected chi connectivity index (χ3v) is 4.40. The van der Waals surface area contributed by atoms with Gasteiger partial charge in [-0.15, -0.1) is 0 Å². The third kappa shape index (κ3) is 3.41. The van der Waals surface area contributed by atoms with Crippen LogP contribution >= 0.6 is 11.6 Å². The highest BCUT2D eigenvalue weighted by molar-refractivity contribution is 6.30. The fourth-order valence-corrected chi connectivity index (χ4v) is 3.07. The standard InChI is InChI=1S/C18H18ClNO4/c1-11(7-12-5-6-15(21)16(22)8-12)20-10-17(24-18(20)23)13-3-2-4-14(19)9-13/h2-6,8-9,11,17,21-22H,7,10H2,1H3/t11-,17-/m0/s1. The van der Waals surface area contributed by atoms with E-state index in [0.717, 1.165) is 11.1 Å². The second kappa shape index (κ2) is 6.61. The van der Waals surface area contributed by atoms with Crippen LogP contribution in [0.3, 0.4) is 0 Å². The van der Waals surface area contributed by atoms with Crippen molar-refractivity contribution in [2.45, 2.75) is 25.5 Å². The summed E-state index contributed by atoms with van der Waals surface area (Å²) in [4.78, 5) is 13.8. The predicted octanol–water partition coefficient (Wildman–Crippen LogP) is 3.88. The van der Waals surface area contributed by atoms with Crippen molar-refractivity contribution in [2.75, 3.05) is 6.54 Å². The van der Waals surface area contributed by atoms with E-state index < -0.39 is 0 Å². The lowest BCUT2D eigenvalue weighted by Crippen LogP contribution is -2.35. The number of amides is 1. The van der Waals surface area contributed by atoms with Crippen molar-refractivity contribution < 1.29 is 19.7 Å². The summed E-state index contributed by atoms with van der Waals surface area (Å²) >= 11 is 6.00. The Hall–Kier alpha value is -2.40. The van der Waals surface area contributed by atoms with Gasteiger partial charge in [0.25, 0.3) is 0 Å². The SMILES string of the molecule is C[C@@H](Cc1ccc(O)c(O)c1)N1C[C@@H](c2cccc(Cl)c2)OC1=O. The monoisotopic (exact) mass is 347 g/mol. The van der Waals surface area contributed by atoms with Crippen molar-refractivity contribution in [3.8, 4) is 11.5 Å². The molecular weight excluding hydrogens is 330 g/mol. The molecule has 2 N–H and O–H groups in total. The number of rotatable bonds is 4. The quantitative estimate of drug-likeness (QED) is 0.823. The summed E-state index contributed by atoms with van der Waals surface area (Å²) in [7, 11) is 0. The minimum absolute atomic E-state index is 0.106. The number of hydrogen-bond acceptors (Lipinski definition) is 4. The van der Waals surface area contributed by atoms with E-state index in [1.54, 1.807) is 23.1 Å². The summed E-state index contributed by atoms with van der Waals surface area (Å²) in [5, 5.41) is 19.6. The number of benzene rings is 2. The van der Waals surface area contributed by atoms with Crippen LogP contribution in [-0.4, -0.2) is 33.8 Å². The molecule has 2 aromatic rings. The van der Waals surface area contributed by atoms with E-state index in [4.69, 9.17) is 16.3 Å². The van der Waals surface area contributed by atoms with Crippen LogP contribution in [0.4, 0.5) is 4.79 Å². The molecule has 1 aliphatic heterocycles. The Morgan fingerprint density at radius 3 is 2.75 bits per heavy atom. The van der Waals surface area contributed by atoms with Crippen molar-refractivity contribution in [2.24, 2.45) is 0 Å². The van der Waals surface area contributed by atoms with E-state index >= 15 is 0 Å². The fourth-order valence-electron chi connectivity index (χ4n) is 2.87. The molecular formula is C18H18ClNO4. The molecule has 0 aliphatic carbocycles. The van der Waals surface area contributed by atoms with Crippen LogP contribution in [0.5, 0.6) is 11.5 Å². The molecule has 2 atom stereocenters. The van der Waals surface area contributed by atoms with Crippen molar-refractivity contribution >= 4 is 17.7 Å². The molecule has 1 amide bonds. The third-order valence-electron chi connectivity index (χ3n) is 4.16. The van der Waals surface area contributed by atoms with Gasteiger partial charge in [0.1, 0.15) is 6.10 Å². The summed E-state index contributed by atoms with van der Waals surface area (Å²) in [6.07, 6.45) is -0.159. The molecule has 0 bridgehead atoms. The summed E-state index contributed by atoms with van der Waals surface area (Å²) in [6.45, 7) is 2.37. The number of carbonyl (C=O) groups excluding carboxylic acids is 1. The van der Waals surface area contributed by atoms with Gasteiger partial charge in [-0.25, -0.2) is 4.79 Å². The van der Waals surface area contributed by atoms with Crippen LogP contribution in [0.2, 0.25) is 5.02 Å². The van der Waals surface area contributed by atoms with Crippen LogP contribution in [0.15, 0.2) is 42.5 Å². The maximum atomic E-state index is 12.2. The van der Waals surface area contributed by atoms with Gasteiger partial charge < -0.3 is 19.8 Å². The number of ether oxygens (including phenoxy) is 1. The van der Waals surface area contributed by atoms with Crippen molar-refractivity contribution in [1.29, 1.82) is 0 Å². The normalized spacial score (nSPS) is 18.5. The summed E-state index contributed by atoms with van der Waals surface area (Å²) in [5.74, 6) is -0.325.